The average molecular weight is 1440 g/mol. The summed E-state index contributed by atoms with van der Waals surface area (Å²) in [6.07, 6.45) is 4.31. The van der Waals surface area contributed by atoms with Crippen LogP contribution in [0.4, 0.5) is 54.9 Å². The van der Waals surface area contributed by atoms with E-state index in [1.54, 1.807) is 30.4 Å². The highest BCUT2D eigenvalue weighted by Crippen LogP contribution is 2.33. The van der Waals surface area contributed by atoms with Gasteiger partial charge in [-0.1, -0.05) is 56.2 Å². The van der Waals surface area contributed by atoms with Gasteiger partial charge in [-0.25, -0.2) is 68.9 Å². The van der Waals surface area contributed by atoms with Crippen LogP contribution in [0.15, 0.2) is 36.9 Å². The lowest BCUT2D eigenvalue weighted by Crippen LogP contribution is -2.52. The Labute approximate surface area is 556 Å². The number of hydrogen-bond donors (Lipinski definition) is 5. The van der Waals surface area contributed by atoms with Gasteiger partial charge in [0.05, 0.1) is 11.0 Å². The first kappa shape index (κ1) is 93.0. The van der Waals surface area contributed by atoms with Gasteiger partial charge in [0.15, 0.2) is 0 Å². The summed E-state index contributed by atoms with van der Waals surface area (Å²) in [6.45, 7) is 24.0. The number of carbonyl (C=O) groups is 2. The van der Waals surface area contributed by atoms with E-state index in [4.69, 9.17) is 26.8 Å². The van der Waals surface area contributed by atoms with Crippen molar-refractivity contribution in [2.45, 2.75) is 167 Å². The second-order valence-electron chi connectivity index (χ2n) is 23.5. The molecule has 4 aromatic rings. The monoisotopic (exact) mass is 1440 g/mol. The molecule has 4 aliphatic heterocycles. The van der Waals surface area contributed by atoms with Crippen molar-refractivity contribution in [1.29, 1.82) is 0 Å². The van der Waals surface area contributed by atoms with Crippen molar-refractivity contribution in [1.82, 2.24) is 49.2 Å². The molecule has 22 nitrogen and oxygen atoms in total. The predicted molar refractivity (Wildman–Crippen MR) is 355 cm³/mol. The maximum absolute atomic E-state index is 12.3. The molecular weight excluding hydrogens is 1340 g/mol. The van der Waals surface area contributed by atoms with Crippen molar-refractivity contribution in [3.63, 3.8) is 0 Å². The third kappa shape index (κ3) is 28.5. The van der Waals surface area contributed by atoms with Gasteiger partial charge in [-0.05, 0) is 185 Å². The SMILES string of the molecule is C.C.C.C.C.C.CC(C)(C)OC(=O)N1CC(CCN)C1.CC(C)(C)OC(=O)N1CC(CCNS(=O)(=O)C(F)(F)F)C1.Cc1cc2ncnc(Cl)c2cc1C.Cc1cc2ncnc(N3CC(CCNS(=O)(=O)C(F)(F)F)C3)c2cc1C.O=S(=O)(NCCC1CNC1)C(F)(F)F. The number of aryl methyl sites for hydroxylation is 4. The molecule has 4 saturated heterocycles. The molecule has 0 spiro atoms. The van der Waals surface area contributed by atoms with Crippen LogP contribution in [0.3, 0.4) is 0 Å². The lowest BCUT2D eigenvalue weighted by molar-refractivity contribution is -0.0454. The van der Waals surface area contributed by atoms with Gasteiger partial charge in [0, 0.05) is 69.7 Å². The van der Waals surface area contributed by atoms with Gasteiger partial charge >= 0.3 is 58.8 Å². The van der Waals surface area contributed by atoms with Gasteiger partial charge < -0.3 is 35.2 Å². The Morgan fingerprint density at radius 1 is 0.521 bits per heavy atom. The normalized spacial score (nSPS) is 15.4. The molecule has 0 bridgehead atoms. The Balaban J connectivity index is -0.00000111. The number of rotatable bonds is 15. The quantitative estimate of drug-likeness (QED) is 0.0546. The number of carbonyl (C=O) groups excluding carboxylic acids is 2. The van der Waals surface area contributed by atoms with Crippen LogP contribution in [0.5, 0.6) is 0 Å². The molecule has 4 fully saturated rings. The van der Waals surface area contributed by atoms with E-state index in [0.29, 0.717) is 56.6 Å². The summed E-state index contributed by atoms with van der Waals surface area (Å²) in [6, 6.07) is 8.08. The predicted octanol–water partition coefficient (Wildman–Crippen LogP) is 12.1. The van der Waals surface area contributed by atoms with Crippen LogP contribution in [0, 0.1) is 51.4 Å². The van der Waals surface area contributed by atoms with Crippen LogP contribution in [0.2, 0.25) is 5.15 Å². The van der Waals surface area contributed by atoms with Crippen molar-refractivity contribution >= 4 is 81.5 Å². The second-order valence-corrected chi connectivity index (χ2v) is 29.2. The van der Waals surface area contributed by atoms with E-state index in [0.717, 1.165) is 71.4 Å². The number of aromatic nitrogens is 4. The minimum Gasteiger partial charge on any atom is -0.444 e. The fourth-order valence-corrected chi connectivity index (χ4v) is 10.3. The van der Waals surface area contributed by atoms with Crippen LogP contribution in [0.25, 0.3) is 21.8 Å². The molecular formula is C59H102ClF9N12O10S3. The van der Waals surface area contributed by atoms with Crippen LogP contribution in [-0.4, -0.2) is 173 Å². The first-order valence-corrected chi connectivity index (χ1v) is 32.5. The van der Waals surface area contributed by atoms with Crippen LogP contribution >= 0.6 is 11.6 Å². The number of ether oxygens (including phenoxy) is 2. The minimum absolute atomic E-state index is 0. The highest BCUT2D eigenvalue weighted by molar-refractivity contribution is 7.90. The third-order valence-electron chi connectivity index (χ3n) is 13.8. The number of hydrogen-bond acceptors (Lipinski definition) is 17. The van der Waals surface area contributed by atoms with Crippen LogP contribution in [0.1, 0.15) is 134 Å². The van der Waals surface area contributed by atoms with Crippen molar-refractivity contribution < 1.29 is 83.8 Å². The molecule has 0 radical (unpaired) electrons. The highest BCUT2D eigenvalue weighted by atomic mass is 35.5. The number of sulfonamides is 3. The van der Waals surface area contributed by atoms with Crippen molar-refractivity contribution in [2.75, 3.05) is 83.4 Å². The molecule has 0 atom stereocenters. The Morgan fingerprint density at radius 2 is 0.840 bits per heavy atom. The van der Waals surface area contributed by atoms with Gasteiger partial charge in [-0.2, -0.15) is 39.5 Å². The number of likely N-dealkylation sites (tertiary alicyclic amines) is 2. The maximum Gasteiger partial charge on any atom is 0.511 e. The first-order valence-electron chi connectivity index (χ1n) is 27.7. The standard InChI is InChI=1S/C16H19F3N4O2S.C11H19F3N2O4S.C10H9ClN2.C10H20N2O2.C6H11F3N2O2S.6CH4/c1-10-5-13-14(6-11(10)2)20-9-21-15(13)23-7-12(8-23)3-4-22-26(24,25)16(17,18)19;1-10(2,3)20-9(17)16-6-8(7-16)4-5-15-21(18,19)11(12,13)14;1-6-3-8-9(4-7(6)2)12-5-13-10(8)11;1-10(2,3)14-9(13)12-6-8(7-12)4-5-11;7-6(8,9)14(12,13)11-2-1-5-3-10-4-5;;;;;;/h5-6,9,12,22H,3-4,7-8H2,1-2H3;8,15H,4-7H2,1-3H3;3-5H,1-2H3;8H,4-7,11H2,1-3H3;5,10-11H,1-4H2;6*1H4. The second kappa shape index (κ2) is 38.1. The van der Waals surface area contributed by atoms with Crippen molar-refractivity contribution in [3.05, 3.63) is 64.3 Å². The molecule has 94 heavy (non-hydrogen) atoms. The number of nitrogens with one attached hydrogen (secondary N) is 4. The van der Waals surface area contributed by atoms with E-state index in [9.17, 15) is 74.4 Å². The molecule has 6 heterocycles. The maximum atomic E-state index is 12.3. The van der Waals surface area contributed by atoms with E-state index in [1.165, 1.54) is 38.1 Å². The van der Waals surface area contributed by atoms with E-state index in [1.807, 2.05) is 63.8 Å². The molecule has 0 aliphatic carbocycles. The van der Waals surface area contributed by atoms with E-state index in [2.05, 4.69) is 39.1 Å². The zero-order chi connectivity index (χ0) is 66.6. The molecule has 0 saturated carbocycles. The fraction of sp³-hybridized carbons (Fsp3) is 0.695. The molecule has 2 amide bonds. The highest BCUT2D eigenvalue weighted by Gasteiger charge is 2.47. The summed E-state index contributed by atoms with van der Waals surface area (Å²) in [5, 5.41) is 5.32. The zero-order valence-electron chi connectivity index (χ0n) is 50.4. The number of anilines is 1. The number of nitrogens with zero attached hydrogens (tertiary/aromatic N) is 7. The molecule has 4 aliphatic rings. The topological polar surface area (TPSA) is 290 Å². The Bertz CT molecular complexity index is 3340. The molecule has 0 unspecified atom stereocenters. The van der Waals surface area contributed by atoms with Crippen molar-refractivity contribution in [3.8, 4) is 0 Å². The van der Waals surface area contributed by atoms with Gasteiger partial charge in [-0.15, -0.1) is 0 Å². The summed E-state index contributed by atoms with van der Waals surface area (Å²) < 4.78 is 188. The van der Waals surface area contributed by atoms with E-state index in [-0.39, 0.29) is 94.5 Å². The number of benzene rings is 2. The molecule has 35 heteroatoms. The lowest BCUT2D eigenvalue weighted by Gasteiger charge is -2.40. The third-order valence-corrected chi connectivity index (χ3v) is 17.7. The van der Waals surface area contributed by atoms with E-state index < -0.39 is 63.9 Å². The molecule has 6 N–H and O–H groups in total. The van der Waals surface area contributed by atoms with Crippen LogP contribution in [-0.2, 0) is 39.5 Å². The minimum atomic E-state index is -5.30. The summed E-state index contributed by atoms with van der Waals surface area (Å²) in [5.41, 5.74) is -4.88. The van der Waals surface area contributed by atoms with Gasteiger partial charge in [0.25, 0.3) is 0 Å². The summed E-state index contributed by atoms with van der Waals surface area (Å²) in [4.78, 5) is 44.9. The Hall–Kier alpha value is -5.23. The Kier molecular flexibility index (Phi) is 37.6. The largest absolute Gasteiger partial charge is 0.511 e. The zero-order valence-corrected chi connectivity index (χ0v) is 53.6. The first-order chi connectivity index (χ1) is 40.3. The van der Waals surface area contributed by atoms with Crippen LogP contribution < -0.4 is 30.1 Å². The van der Waals surface area contributed by atoms with Gasteiger partial charge in [0.1, 0.15) is 34.8 Å². The molecule has 546 valence electrons. The van der Waals surface area contributed by atoms with Gasteiger partial charge in [-0.3, -0.25) is 0 Å². The lowest BCUT2D eigenvalue weighted by atomic mass is 9.95. The molecule has 2 aromatic carbocycles. The summed E-state index contributed by atoms with van der Waals surface area (Å²) >= 11 is 5.93. The molecule has 8 rings (SSSR count). The van der Waals surface area contributed by atoms with Gasteiger partial charge in [0.2, 0.25) is 0 Å². The summed E-state index contributed by atoms with van der Waals surface area (Å²) in [7, 11) is -15.7. The fourth-order valence-electron chi connectivity index (χ4n) is 8.45. The average Bonchev–Trinajstić information content (AvgIpc) is 0.782. The number of alkyl halides is 9. The number of halogens is 10. The summed E-state index contributed by atoms with van der Waals surface area (Å²) in [5.74, 6) is 1.74. The van der Waals surface area contributed by atoms with E-state index >= 15 is 0 Å². The number of nitrogens with two attached hydrogens (primary N) is 1. The smallest absolute Gasteiger partial charge is 0.444 e. The number of amides is 2. The van der Waals surface area contributed by atoms with Crippen molar-refractivity contribution in [2.24, 2.45) is 29.4 Å². The number of fused-ring (bicyclic) bond motifs is 2. The molecule has 2 aromatic heterocycles. The Morgan fingerprint density at radius 3 is 1.18 bits per heavy atom.